The molecule has 30 heavy (non-hydrogen) atoms. The molecule has 11 nitrogen and oxygen atoms in total. The number of rotatable bonds is 6. The monoisotopic (exact) mass is 458 g/mol. The Balaban J connectivity index is 2.30. The minimum absolute atomic E-state index is 0.00499. The molecule has 0 spiro atoms. The summed E-state index contributed by atoms with van der Waals surface area (Å²) in [6.45, 7) is 2.87. The largest absolute Gasteiger partial charge is 0.382 e. The van der Waals surface area contributed by atoms with Crippen molar-refractivity contribution in [1.82, 2.24) is 19.5 Å². The lowest BCUT2D eigenvalue weighted by molar-refractivity contribution is -0.184. The van der Waals surface area contributed by atoms with Crippen LogP contribution in [0.5, 0.6) is 0 Å². The Hall–Kier alpha value is -1.96. The van der Waals surface area contributed by atoms with E-state index in [4.69, 9.17) is 16.3 Å². The zero-order chi connectivity index (χ0) is 22.6. The third-order valence-electron chi connectivity index (χ3n) is 5.20. The van der Waals surface area contributed by atoms with Crippen molar-refractivity contribution < 1.29 is 34.4 Å². The molecule has 0 amide bonds. The molecule has 0 radical (unpaired) electrons. The van der Waals surface area contributed by atoms with E-state index in [9.17, 15) is 29.7 Å². The van der Waals surface area contributed by atoms with Crippen LogP contribution in [0.15, 0.2) is 11.5 Å². The first kappa shape index (κ1) is 22.7. The summed E-state index contributed by atoms with van der Waals surface area (Å²) < 4.78 is 6.71. The van der Waals surface area contributed by atoms with Crippen molar-refractivity contribution in [3.8, 4) is 0 Å². The third kappa shape index (κ3) is 2.98. The van der Waals surface area contributed by atoms with E-state index >= 15 is 0 Å². The highest BCUT2D eigenvalue weighted by molar-refractivity contribution is 7.98. The first-order chi connectivity index (χ1) is 13.9. The van der Waals surface area contributed by atoms with Crippen molar-refractivity contribution in [2.45, 2.75) is 55.6 Å². The van der Waals surface area contributed by atoms with E-state index in [2.05, 4.69) is 15.0 Å². The van der Waals surface area contributed by atoms with Crippen LogP contribution in [0.3, 0.4) is 0 Å². The second-order valence-electron chi connectivity index (χ2n) is 6.93. The van der Waals surface area contributed by atoms with E-state index in [-0.39, 0.29) is 21.5 Å². The number of hydrogen-bond donors (Lipinski definition) is 3. The first-order valence-corrected chi connectivity index (χ1v) is 10.3. The SMILES string of the molecule is CSc1nc(Cl)c2ncn([C@@H]3O[C@H](C(O)C(C)=O)[C@](O)(C(C)=O)[C@]3(O)C(C)=O)c2n1. The second-order valence-corrected chi connectivity index (χ2v) is 8.07. The molecule has 3 rings (SSSR count). The Kier molecular flexibility index (Phi) is 5.77. The zero-order valence-electron chi connectivity index (χ0n) is 16.4. The normalized spacial score (nSPS) is 29.9. The van der Waals surface area contributed by atoms with Crippen molar-refractivity contribution in [2.75, 3.05) is 6.26 Å². The standard InChI is InChI=1S/C17H19ClN4O7S/c1-6(23)10(26)11-16(27,7(2)24)17(28,8(3)25)14(29-11)22-5-19-9-12(18)20-15(30-4)21-13(9)22/h5,10-11,14,26-28H,1-4H3/t10?,11-,14-,16-,17+/m1/s1. The lowest BCUT2D eigenvalue weighted by Gasteiger charge is -2.37. The lowest BCUT2D eigenvalue weighted by atomic mass is 9.73. The summed E-state index contributed by atoms with van der Waals surface area (Å²) in [4.78, 5) is 49.1. The highest BCUT2D eigenvalue weighted by Gasteiger charge is 2.73. The number of aliphatic hydroxyl groups is 3. The van der Waals surface area contributed by atoms with E-state index in [0.717, 1.165) is 31.7 Å². The third-order valence-corrected chi connectivity index (χ3v) is 6.01. The number of imidazole rings is 1. The van der Waals surface area contributed by atoms with Gasteiger partial charge in [0.15, 0.2) is 45.1 Å². The Bertz CT molecular complexity index is 1060. The van der Waals surface area contributed by atoms with Gasteiger partial charge in [-0.15, -0.1) is 0 Å². The summed E-state index contributed by atoms with van der Waals surface area (Å²) in [5.41, 5.74) is -5.63. The predicted octanol–water partition coefficient (Wildman–Crippen LogP) is -0.311. The van der Waals surface area contributed by atoms with Gasteiger partial charge >= 0.3 is 0 Å². The molecule has 0 aliphatic carbocycles. The molecule has 3 N–H and O–H groups in total. The molecule has 3 heterocycles. The number of carbonyl (C=O) groups is 3. The van der Waals surface area contributed by atoms with Crippen LogP contribution >= 0.6 is 23.4 Å². The van der Waals surface area contributed by atoms with Crippen LogP contribution in [0.25, 0.3) is 11.2 Å². The van der Waals surface area contributed by atoms with Crippen LogP contribution in [0.4, 0.5) is 0 Å². The van der Waals surface area contributed by atoms with Gasteiger partial charge in [-0.1, -0.05) is 23.4 Å². The maximum Gasteiger partial charge on any atom is 0.206 e. The maximum absolute atomic E-state index is 12.6. The molecule has 1 saturated heterocycles. The summed E-state index contributed by atoms with van der Waals surface area (Å²) >= 11 is 7.29. The first-order valence-electron chi connectivity index (χ1n) is 8.66. The number of carbonyl (C=O) groups excluding carboxylic acids is 3. The Morgan fingerprint density at radius 3 is 2.30 bits per heavy atom. The highest BCUT2D eigenvalue weighted by atomic mass is 35.5. The van der Waals surface area contributed by atoms with Crippen LogP contribution in [-0.2, 0) is 19.1 Å². The number of hydrogen-bond acceptors (Lipinski definition) is 11. The van der Waals surface area contributed by atoms with E-state index in [1.807, 2.05) is 0 Å². The molecule has 0 saturated carbocycles. The van der Waals surface area contributed by atoms with Crippen molar-refractivity contribution >= 4 is 51.9 Å². The van der Waals surface area contributed by atoms with Crippen LogP contribution in [-0.4, -0.2) is 81.9 Å². The van der Waals surface area contributed by atoms with Gasteiger partial charge in [0.1, 0.15) is 17.7 Å². The van der Waals surface area contributed by atoms with Gasteiger partial charge in [-0.2, -0.15) is 0 Å². The van der Waals surface area contributed by atoms with Gasteiger partial charge in [-0.25, -0.2) is 15.0 Å². The highest BCUT2D eigenvalue weighted by Crippen LogP contribution is 2.49. The van der Waals surface area contributed by atoms with E-state index < -0.39 is 47.0 Å². The number of aliphatic hydroxyl groups excluding tert-OH is 1. The minimum Gasteiger partial charge on any atom is -0.382 e. The fourth-order valence-corrected chi connectivity index (χ4v) is 4.18. The van der Waals surface area contributed by atoms with Gasteiger partial charge < -0.3 is 20.1 Å². The van der Waals surface area contributed by atoms with E-state index in [0.29, 0.717) is 0 Å². The molecule has 2 aromatic heterocycles. The van der Waals surface area contributed by atoms with Crippen molar-refractivity contribution in [3.63, 3.8) is 0 Å². The maximum atomic E-state index is 12.6. The van der Waals surface area contributed by atoms with Crippen LogP contribution in [0, 0.1) is 0 Å². The summed E-state index contributed by atoms with van der Waals surface area (Å²) in [5, 5.41) is 33.1. The molecule has 162 valence electrons. The number of Topliss-reactive ketones (excluding diaryl/α,β-unsaturated/α-hetero) is 3. The summed E-state index contributed by atoms with van der Waals surface area (Å²) in [6.07, 6.45) is -2.85. The average Bonchev–Trinajstić information content (AvgIpc) is 3.20. The average molecular weight is 459 g/mol. The van der Waals surface area contributed by atoms with Gasteiger partial charge in [0.25, 0.3) is 0 Å². The number of ketones is 3. The van der Waals surface area contributed by atoms with Crippen LogP contribution in [0.2, 0.25) is 5.15 Å². The molecule has 0 bridgehead atoms. The molecule has 1 fully saturated rings. The summed E-state index contributed by atoms with van der Waals surface area (Å²) in [5.74, 6) is -2.94. The number of halogens is 1. The van der Waals surface area contributed by atoms with E-state index in [1.165, 1.54) is 11.8 Å². The molecule has 0 aromatic carbocycles. The number of aromatic nitrogens is 4. The Morgan fingerprint density at radius 2 is 1.80 bits per heavy atom. The molecule has 1 unspecified atom stereocenters. The number of nitrogens with zero attached hydrogens (tertiary/aromatic N) is 4. The summed E-state index contributed by atoms with van der Waals surface area (Å²) in [7, 11) is 0. The van der Waals surface area contributed by atoms with Crippen LogP contribution in [0.1, 0.15) is 27.0 Å². The predicted molar refractivity (Wildman–Crippen MR) is 104 cm³/mol. The van der Waals surface area contributed by atoms with Gasteiger partial charge in [0.05, 0.1) is 6.33 Å². The number of thioether (sulfide) groups is 1. The molecule has 1 aliphatic rings. The van der Waals surface area contributed by atoms with Crippen molar-refractivity contribution in [1.29, 1.82) is 0 Å². The minimum atomic E-state index is -2.93. The fourth-order valence-electron chi connectivity index (χ4n) is 3.56. The van der Waals surface area contributed by atoms with Crippen molar-refractivity contribution in [2.24, 2.45) is 0 Å². The number of fused-ring (bicyclic) bond motifs is 1. The lowest BCUT2D eigenvalue weighted by Crippen LogP contribution is -2.67. The van der Waals surface area contributed by atoms with Gasteiger partial charge in [-0.3, -0.25) is 19.0 Å². The summed E-state index contributed by atoms with van der Waals surface area (Å²) in [6, 6.07) is 0. The van der Waals surface area contributed by atoms with Gasteiger partial charge in [-0.05, 0) is 27.0 Å². The van der Waals surface area contributed by atoms with Gasteiger partial charge in [0.2, 0.25) is 5.60 Å². The second kappa shape index (κ2) is 7.62. The smallest absolute Gasteiger partial charge is 0.206 e. The molecule has 13 heteroatoms. The quantitative estimate of drug-likeness (QED) is 0.295. The molecular formula is C17H19ClN4O7S. The molecule has 2 aromatic rings. The molecule has 5 atom stereocenters. The molecular weight excluding hydrogens is 440 g/mol. The number of ether oxygens (including phenoxy) is 1. The molecule has 1 aliphatic heterocycles. The van der Waals surface area contributed by atoms with Crippen LogP contribution < -0.4 is 0 Å². The Labute approximate surface area is 179 Å². The topological polar surface area (TPSA) is 165 Å². The zero-order valence-corrected chi connectivity index (χ0v) is 17.9. The van der Waals surface area contributed by atoms with E-state index in [1.54, 1.807) is 6.26 Å². The Morgan fingerprint density at radius 1 is 1.20 bits per heavy atom. The van der Waals surface area contributed by atoms with Gasteiger partial charge in [0, 0.05) is 0 Å². The fraction of sp³-hybridized carbons (Fsp3) is 0.529. The van der Waals surface area contributed by atoms with Crippen molar-refractivity contribution in [3.05, 3.63) is 11.5 Å².